The summed E-state index contributed by atoms with van der Waals surface area (Å²) in [6.07, 6.45) is -0.310. The molecule has 0 aliphatic carbocycles. The van der Waals surface area contributed by atoms with E-state index in [2.05, 4.69) is 198 Å². The Kier molecular flexibility index (Phi) is 7.27. The quantitative estimate of drug-likeness (QED) is 0.192. The van der Waals surface area contributed by atoms with Gasteiger partial charge in [0.1, 0.15) is 17.6 Å². The van der Waals surface area contributed by atoms with Crippen LogP contribution in [0.4, 0.5) is 0 Å². The highest BCUT2D eigenvalue weighted by Crippen LogP contribution is 2.43. The molecule has 0 fully saturated rings. The van der Waals surface area contributed by atoms with Gasteiger partial charge in [0.05, 0.1) is 16.7 Å². The Labute approximate surface area is 364 Å². The fourth-order valence-electron chi connectivity index (χ4n) is 10.0. The number of hydrogen-bond acceptors (Lipinski definition) is 5. The molecular weight excluding hydrogens is 789 g/mol. The van der Waals surface area contributed by atoms with Crippen LogP contribution in [-0.2, 0) is 0 Å². The molecule has 0 saturated heterocycles. The molecule has 5 nitrogen and oxygen atoms in total. The van der Waals surface area contributed by atoms with Crippen LogP contribution < -0.4 is 5.32 Å². The number of para-hydroxylation sites is 1. The average Bonchev–Trinajstić information content (AvgIpc) is 4.03. The normalized spacial score (nSPS) is 14.5. The molecule has 1 N–H and O–H groups in total. The van der Waals surface area contributed by atoms with Crippen LogP contribution in [0.5, 0.6) is 0 Å². The molecule has 3 aromatic heterocycles. The van der Waals surface area contributed by atoms with Gasteiger partial charge in [-0.2, -0.15) is 0 Å². The van der Waals surface area contributed by atoms with E-state index in [-0.39, 0.29) is 6.17 Å². The third-order valence-electron chi connectivity index (χ3n) is 13.0. The lowest BCUT2D eigenvalue weighted by molar-refractivity contribution is 0.666. The minimum atomic E-state index is -0.310. The molecule has 10 aromatic carbocycles. The summed E-state index contributed by atoms with van der Waals surface area (Å²) >= 11 is 1.81. The summed E-state index contributed by atoms with van der Waals surface area (Å²) < 4.78 is 12.0. The lowest BCUT2D eigenvalue weighted by Gasteiger charge is -2.24. The fourth-order valence-corrected chi connectivity index (χ4v) is 11.2. The second-order valence-corrected chi connectivity index (χ2v) is 17.6. The van der Waals surface area contributed by atoms with Crippen molar-refractivity contribution in [3.8, 4) is 5.69 Å². The Hall–Kier alpha value is -8.06. The summed E-state index contributed by atoms with van der Waals surface area (Å²) in [6.45, 7) is 0. The smallest absolute Gasteiger partial charge is 0.159 e. The lowest BCUT2D eigenvalue weighted by Crippen LogP contribution is -2.33. The third kappa shape index (κ3) is 5.22. The summed E-state index contributed by atoms with van der Waals surface area (Å²) in [4.78, 5) is 10.5. The zero-order chi connectivity index (χ0) is 41.2. The van der Waals surface area contributed by atoms with Crippen molar-refractivity contribution < 1.29 is 4.42 Å². The maximum atomic E-state index is 7.02. The molecule has 63 heavy (non-hydrogen) atoms. The van der Waals surface area contributed by atoms with E-state index in [0.29, 0.717) is 5.84 Å². The average molecular weight is 823 g/mol. The van der Waals surface area contributed by atoms with Crippen LogP contribution in [0.15, 0.2) is 209 Å². The summed E-state index contributed by atoms with van der Waals surface area (Å²) in [5.74, 6) is 1.49. The number of nitrogens with one attached hydrogen (secondary N) is 1. The molecule has 0 saturated carbocycles. The highest BCUT2D eigenvalue weighted by molar-refractivity contribution is 7.25. The SMILES string of the molecule is c1ccc(C2N=C(c3ccc4c(c3)sc3ccccc34)N=C(c3ccc4ccc5oc6c(-n7c8cc9ccccc9cc8c8ccc9ccccc9c87)cccc6c5c4c3)N2)cc1. The number of hydrogen-bond donors (Lipinski definition) is 1. The molecule has 1 unspecified atom stereocenters. The van der Waals surface area contributed by atoms with E-state index in [1.165, 1.54) is 58.0 Å². The van der Waals surface area contributed by atoms with Crippen molar-refractivity contribution in [3.63, 3.8) is 0 Å². The Balaban J connectivity index is 0.969. The number of benzene rings is 10. The van der Waals surface area contributed by atoms with Crippen LogP contribution in [0.1, 0.15) is 22.9 Å². The Morgan fingerprint density at radius 1 is 0.492 bits per heavy atom. The summed E-state index contributed by atoms with van der Waals surface area (Å²) in [6, 6.07) is 69.7. The first-order valence-electron chi connectivity index (χ1n) is 21.3. The van der Waals surface area contributed by atoms with E-state index in [4.69, 9.17) is 14.4 Å². The van der Waals surface area contributed by atoms with Crippen molar-refractivity contribution in [3.05, 3.63) is 211 Å². The fraction of sp³-hybridized carbons (Fsp3) is 0.0175. The van der Waals surface area contributed by atoms with Gasteiger partial charge in [-0.25, -0.2) is 9.98 Å². The van der Waals surface area contributed by atoms with Gasteiger partial charge >= 0.3 is 0 Å². The second-order valence-electron chi connectivity index (χ2n) is 16.5. The number of aromatic nitrogens is 1. The van der Waals surface area contributed by atoms with Crippen LogP contribution in [0.3, 0.4) is 0 Å². The molecular formula is C57H34N4OS. The largest absolute Gasteiger partial charge is 0.454 e. The Bertz CT molecular complexity index is 4130. The zero-order valence-corrected chi connectivity index (χ0v) is 34.5. The van der Waals surface area contributed by atoms with Crippen molar-refractivity contribution in [2.75, 3.05) is 0 Å². The number of rotatable bonds is 4. The molecule has 0 spiro atoms. The van der Waals surface area contributed by atoms with Crippen LogP contribution in [-0.4, -0.2) is 16.2 Å². The molecule has 6 heteroatoms. The number of nitrogens with zero attached hydrogens (tertiary/aromatic N) is 3. The number of fused-ring (bicyclic) bond motifs is 14. The predicted molar refractivity (Wildman–Crippen MR) is 265 cm³/mol. The molecule has 0 radical (unpaired) electrons. The number of amidine groups is 2. The molecule has 294 valence electrons. The second kappa shape index (κ2) is 13.2. The first-order chi connectivity index (χ1) is 31.2. The van der Waals surface area contributed by atoms with Gasteiger partial charge in [-0.3, -0.25) is 0 Å². The maximum absolute atomic E-state index is 7.02. The van der Waals surface area contributed by atoms with E-state index in [1.807, 2.05) is 17.4 Å². The van der Waals surface area contributed by atoms with Crippen LogP contribution in [0, 0.1) is 0 Å². The van der Waals surface area contributed by atoms with Crippen LogP contribution in [0.25, 0.3) is 102 Å². The first kappa shape index (κ1) is 34.6. The zero-order valence-electron chi connectivity index (χ0n) is 33.7. The predicted octanol–water partition coefficient (Wildman–Crippen LogP) is 15.0. The molecule has 0 amide bonds. The van der Waals surface area contributed by atoms with E-state index >= 15 is 0 Å². The molecule has 1 aliphatic heterocycles. The van der Waals surface area contributed by atoms with Gasteiger partial charge in [-0.15, -0.1) is 11.3 Å². The van der Waals surface area contributed by atoms with Crippen LogP contribution >= 0.6 is 11.3 Å². The van der Waals surface area contributed by atoms with Crippen molar-refractivity contribution in [2.24, 2.45) is 9.98 Å². The number of furan rings is 1. The lowest BCUT2D eigenvalue weighted by atomic mass is 10.00. The molecule has 14 rings (SSSR count). The van der Waals surface area contributed by atoms with Crippen molar-refractivity contribution in [1.82, 2.24) is 9.88 Å². The maximum Gasteiger partial charge on any atom is 0.159 e. The highest BCUT2D eigenvalue weighted by atomic mass is 32.1. The van der Waals surface area contributed by atoms with E-state index in [1.54, 1.807) is 0 Å². The van der Waals surface area contributed by atoms with Gasteiger partial charge in [-0.1, -0.05) is 152 Å². The number of thiophene rings is 1. The van der Waals surface area contributed by atoms with Crippen molar-refractivity contribution in [1.29, 1.82) is 0 Å². The van der Waals surface area contributed by atoms with Gasteiger partial charge in [-0.05, 0) is 75.0 Å². The number of aliphatic imine (C=N–C) groups is 2. The molecule has 0 bridgehead atoms. The van der Waals surface area contributed by atoms with Gasteiger partial charge in [0.2, 0.25) is 0 Å². The highest BCUT2D eigenvalue weighted by Gasteiger charge is 2.24. The monoisotopic (exact) mass is 822 g/mol. The third-order valence-corrected chi connectivity index (χ3v) is 14.1. The molecule has 1 aliphatic rings. The minimum Gasteiger partial charge on any atom is -0.454 e. The molecule has 13 aromatic rings. The topological polar surface area (TPSA) is 54.8 Å². The Morgan fingerprint density at radius 2 is 1.19 bits per heavy atom. The first-order valence-corrected chi connectivity index (χ1v) is 22.1. The standard InChI is InChI=1S/C57H34N4OS/c1-2-12-35(13-3-1)55-58-56(60-57(59-55)39-24-26-42-41-17-8-9-20-50(41)63-51(42)32-39)38-22-21-34-25-28-49-52(45(34)30-38)44-18-10-19-47(54(44)62-49)61-48-31-37-15-5-4-14-36(37)29-46(48)43-27-23-33-11-6-7-16-40(33)53(43)61/h1-32,55H,(H,58,59,60). The molecule has 1 atom stereocenters. The van der Waals surface area contributed by atoms with E-state index < -0.39 is 0 Å². The van der Waals surface area contributed by atoms with Gasteiger partial charge in [0.15, 0.2) is 11.4 Å². The Morgan fingerprint density at radius 3 is 2.10 bits per heavy atom. The van der Waals surface area contributed by atoms with Gasteiger partial charge < -0.3 is 14.3 Å². The van der Waals surface area contributed by atoms with E-state index in [0.717, 1.165) is 66.4 Å². The van der Waals surface area contributed by atoms with Crippen LogP contribution in [0.2, 0.25) is 0 Å². The summed E-state index contributed by atoms with van der Waals surface area (Å²) in [7, 11) is 0. The van der Waals surface area contributed by atoms with Gasteiger partial charge in [0, 0.05) is 58.2 Å². The van der Waals surface area contributed by atoms with Crippen molar-refractivity contribution >= 4 is 119 Å². The van der Waals surface area contributed by atoms with E-state index in [9.17, 15) is 0 Å². The summed E-state index contributed by atoms with van der Waals surface area (Å²) in [5, 5.41) is 17.9. The summed E-state index contributed by atoms with van der Waals surface area (Å²) in [5.41, 5.74) is 8.10. The van der Waals surface area contributed by atoms with Gasteiger partial charge in [0.25, 0.3) is 0 Å². The van der Waals surface area contributed by atoms with Crippen molar-refractivity contribution in [2.45, 2.75) is 6.17 Å². The molecule has 4 heterocycles. The minimum absolute atomic E-state index is 0.310.